The molecule has 132 valence electrons. The molecule has 0 aromatic carbocycles. The van der Waals surface area contributed by atoms with E-state index in [0.717, 1.165) is 12.8 Å². The second kappa shape index (κ2) is 5.85. The predicted molar refractivity (Wildman–Crippen MR) is 88.3 cm³/mol. The van der Waals surface area contributed by atoms with Crippen LogP contribution in [0, 0.1) is 13.8 Å². The average Bonchev–Trinajstić information content (AvgIpc) is 2.99. The summed E-state index contributed by atoms with van der Waals surface area (Å²) in [5, 5.41) is 8.11. The normalized spacial score (nSPS) is 15.0. The number of sulfonamides is 1. The van der Waals surface area contributed by atoms with E-state index in [0.29, 0.717) is 40.4 Å². The molecule has 8 nitrogen and oxygen atoms in total. The lowest BCUT2D eigenvalue weighted by molar-refractivity contribution is 0.498. The van der Waals surface area contributed by atoms with E-state index in [1.165, 1.54) is 6.26 Å². The molecule has 0 radical (unpaired) electrons. The molecule has 0 amide bonds. The van der Waals surface area contributed by atoms with Gasteiger partial charge >= 0.3 is 0 Å². The van der Waals surface area contributed by atoms with Crippen molar-refractivity contribution >= 4 is 10.0 Å². The number of aryl methyl sites for hydroxylation is 1. The Kier molecular flexibility index (Phi) is 3.77. The Morgan fingerprint density at radius 2 is 2.12 bits per heavy atom. The van der Waals surface area contributed by atoms with Gasteiger partial charge in [-0.3, -0.25) is 0 Å². The average molecular weight is 362 g/mol. The predicted octanol–water partition coefficient (Wildman–Crippen LogP) is 2.63. The molecule has 0 atom stereocenters. The highest BCUT2D eigenvalue weighted by molar-refractivity contribution is 7.89. The molecule has 3 aromatic rings. The first-order valence-electron chi connectivity index (χ1n) is 8.00. The third kappa shape index (κ3) is 3.00. The van der Waals surface area contributed by atoms with Crippen LogP contribution in [0.5, 0.6) is 0 Å². The van der Waals surface area contributed by atoms with Crippen molar-refractivity contribution in [2.75, 3.05) is 0 Å². The Labute approximate surface area is 144 Å². The molecule has 1 aliphatic carbocycles. The summed E-state index contributed by atoms with van der Waals surface area (Å²) < 4.78 is 38.8. The fourth-order valence-corrected chi connectivity index (χ4v) is 4.27. The molecular weight excluding hydrogens is 344 g/mol. The number of nitrogens with one attached hydrogen (secondary N) is 2. The van der Waals surface area contributed by atoms with Crippen molar-refractivity contribution in [3.8, 4) is 11.6 Å². The van der Waals surface area contributed by atoms with E-state index in [2.05, 4.69) is 19.9 Å². The molecule has 0 bridgehead atoms. The molecule has 25 heavy (non-hydrogen) atoms. The molecule has 3 aromatic heterocycles. The lowest BCUT2D eigenvalue weighted by atomic mass is 10.2. The van der Waals surface area contributed by atoms with Crippen LogP contribution in [0.25, 0.3) is 11.6 Å². The van der Waals surface area contributed by atoms with Crippen molar-refractivity contribution in [2.45, 2.75) is 44.0 Å². The third-order valence-electron chi connectivity index (χ3n) is 4.24. The highest BCUT2D eigenvalue weighted by Gasteiger charge is 2.31. The fourth-order valence-electron chi connectivity index (χ4n) is 2.83. The molecule has 9 heteroatoms. The van der Waals surface area contributed by atoms with Crippen molar-refractivity contribution in [1.82, 2.24) is 19.9 Å². The van der Waals surface area contributed by atoms with Gasteiger partial charge in [-0.25, -0.2) is 13.1 Å². The second-order valence-electron chi connectivity index (χ2n) is 6.20. The van der Waals surface area contributed by atoms with Gasteiger partial charge in [0.05, 0.1) is 12.8 Å². The zero-order valence-electron chi connectivity index (χ0n) is 13.9. The molecule has 1 aliphatic rings. The Morgan fingerprint density at radius 1 is 1.32 bits per heavy atom. The monoisotopic (exact) mass is 362 g/mol. The molecule has 0 unspecified atom stereocenters. The quantitative estimate of drug-likeness (QED) is 0.697. The Bertz CT molecular complexity index is 997. The van der Waals surface area contributed by atoms with Crippen LogP contribution in [-0.2, 0) is 16.6 Å². The third-order valence-corrected chi connectivity index (χ3v) is 5.91. The summed E-state index contributed by atoms with van der Waals surface area (Å²) in [7, 11) is -3.71. The molecule has 0 spiro atoms. The number of hydrogen-bond donors (Lipinski definition) is 2. The lowest BCUT2D eigenvalue weighted by Gasteiger charge is -2.06. The van der Waals surface area contributed by atoms with Crippen molar-refractivity contribution in [3.63, 3.8) is 0 Å². The van der Waals surface area contributed by atoms with Crippen LogP contribution in [0.3, 0.4) is 0 Å². The SMILES string of the molecule is Cc1[nH]c(-c2nnc(C3CC3)o2)c(C)c1S(=O)(=O)NCc1ccco1. The minimum atomic E-state index is -3.71. The number of hydrogen-bond acceptors (Lipinski definition) is 6. The molecule has 1 saturated carbocycles. The zero-order chi connectivity index (χ0) is 17.6. The Morgan fingerprint density at radius 3 is 2.80 bits per heavy atom. The van der Waals surface area contributed by atoms with Gasteiger partial charge in [-0.2, -0.15) is 0 Å². The van der Waals surface area contributed by atoms with Crippen LogP contribution in [-0.4, -0.2) is 23.6 Å². The van der Waals surface area contributed by atoms with Gasteiger partial charge in [-0.1, -0.05) is 0 Å². The standard InChI is InChI=1S/C16H18N4O4S/c1-9-13(16-20-19-15(24-16)11-5-6-11)18-10(2)14(9)25(21,22)17-8-12-4-3-7-23-12/h3-4,7,11,17-18H,5-6,8H2,1-2H3. The number of nitrogens with zero attached hydrogens (tertiary/aromatic N) is 2. The summed E-state index contributed by atoms with van der Waals surface area (Å²) in [6.45, 7) is 3.51. The molecule has 1 fully saturated rings. The minimum absolute atomic E-state index is 0.0844. The summed E-state index contributed by atoms with van der Waals surface area (Å²) in [4.78, 5) is 3.26. The van der Waals surface area contributed by atoms with Crippen LogP contribution in [0.1, 0.15) is 41.7 Å². The highest BCUT2D eigenvalue weighted by Crippen LogP contribution is 2.40. The van der Waals surface area contributed by atoms with Gasteiger partial charge in [0.1, 0.15) is 16.3 Å². The van der Waals surface area contributed by atoms with Crippen LogP contribution >= 0.6 is 0 Å². The largest absolute Gasteiger partial charge is 0.468 e. The smallest absolute Gasteiger partial charge is 0.264 e. The first-order valence-corrected chi connectivity index (χ1v) is 9.49. The summed E-state index contributed by atoms with van der Waals surface area (Å²) in [5.41, 5.74) is 1.61. The zero-order valence-corrected chi connectivity index (χ0v) is 14.7. The van der Waals surface area contributed by atoms with Crippen molar-refractivity contribution < 1.29 is 17.3 Å². The van der Waals surface area contributed by atoms with Gasteiger partial charge in [0.25, 0.3) is 5.89 Å². The summed E-state index contributed by atoms with van der Waals surface area (Å²) >= 11 is 0. The van der Waals surface area contributed by atoms with Gasteiger partial charge in [0.15, 0.2) is 0 Å². The first-order chi connectivity index (χ1) is 12.0. The van der Waals surface area contributed by atoms with Gasteiger partial charge in [0, 0.05) is 11.6 Å². The maximum atomic E-state index is 12.7. The minimum Gasteiger partial charge on any atom is -0.468 e. The van der Waals surface area contributed by atoms with E-state index in [1.807, 2.05) is 0 Å². The summed E-state index contributed by atoms with van der Waals surface area (Å²) in [5.74, 6) is 1.81. The summed E-state index contributed by atoms with van der Waals surface area (Å²) in [6.07, 6.45) is 3.61. The number of rotatable bonds is 6. The lowest BCUT2D eigenvalue weighted by Crippen LogP contribution is -2.24. The number of furan rings is 1. The highest BCUT2D eigenvalue weighted by atomic mass is 32.2. The van der Waals surface area contributed by atoms with E-state index in [1.54, 1.807) is 26.0 Å². The van der Waals surface area contributed by atoms with E-state index in [4.69, 9.17) is 8.83 Å². The number of H-pyrrole nitrogens is 1. The number of aromatic nitrogens is 3. The Hall–Kier alpha value is -2.39. The van der Waals surface area contributed by atoms with Gasteiger partial charge in [-0.15, -0.1) is 10.2 Å². The van der Waals surface area contributed by atoms with Crippen LogP contribution in [0.2, 0.25) is 0 Å². The van der Waals surface area contributed by atoms with Crippen molar-refractivity contribution in [3.05, 3.63) is 41.3 Å². The van der Waals surface area contributed by atoms with Crippen LogP contribution in [0.15, 0.2) is 32.1 Å². The van der Waals surface area contributed by atoms with E-state index >= 15 is 0 Å². The first kappa shape index (κ1) is 16.1. The Balaban J connectivity index is 1.64. The molecule has 4 rings (SSSR count). The van der Waals surface area contributed by atoms with E-state index < -0.39 is 10.0 Å². The maximum Gasteiger partial charge on any atom is 0.264 e. The van der Waals surface area contributed by atoms with E-state index in [9.17, 15) is 8.42 Å². The van der Waals surface area contributed by atoms with Gasteiger partial charge < -0.3 is 13.8 Å². The second-order valence-corrected chi connectivity index (χ2v) is 7.91. The molecular formula is C16H18N4O4S. The molecule has 0 aliphatic heterocycles. The van der Waals surface area contributed by atoms with Crippen LogP contribution < -0.4 is 4.72 Å². The van der Waals surface area contributed by atoms with Crippen molar-refractivity contribution in [1.29, 1.82) is 0 Å². The molecule has 3 heterocycles. The topological polar surface area (TPSA) is 114 Å². The van der Waals surface area contributed by atoms with Gasteiger partial charge in [-0.05, 0) is 44.4 Å². The van der Waals surface area contributed by atoms with Crippen molar-refractivity contribution in [2.24, 2.45) is 0 Å². The number of aromatic amines is 1. The summed E-state index contributed by atoms with van der Waals surface area (Å²) in [6, 6.07) is 3.42. The molecule has 2 N–H and O–H groups in total. The van der Waals surface area contributed by atoms with Crippen LogP contribution in [0.4, 0.5) is 0 Å². The fraction of sp³-hybridized carbons (Fsp3) is 0.375. The molecule has 0 saturated heterocycles. The van der Waals surface area contributed by atoms with Gasteiger partial charge in [0.2, 0.25) is 15.9 Å². The van der Waals surface area contributed by atoms with E-state index in [-0.39, 0.29) is 11.4 Å². The maximum absolute atomic E-state index is 12.7.